The fraction of sp³-hybridized carbons (Fsp3) is 0.267. The molecule has 0 bridgehead atoms. The summed E-state index contributed by atoms with van der Waals surface area (Å²) >= 11 is 0. The molecule has 4 rings (SSSR count). The van der Waals surface area contributed by atoms with Crippen LogP contribution in [0.15, 0.2) is 78.9 Å². The van der Waals surface area contributed by atoms with Crippen LogP contribution in [0, 0.1) is 11.6 Å². The lowest BCUT2D eigenvalue weighted by atomic mass is 9.87. The van der Waals surface area contributed by atoms with E-state index in [0.29, 0.717) is 11.3 Å². The van der Waals surface area contributed by atoms with Gasteiger partial charge in [0.1, 0.15) is 23.4 Å². The Balaban J connectivity index is 1.57. The van der Waals surface area contributed by atoms with E-state index in [-0.39, 0.29) is 16.8 Å². The number of halogens is 2. The fourth-order valence-corrected chi connectivity index (χ4v) is 5.02. The van der Waals surface area contributed by atoms with Crippen LogP contribution in [0.4, 0.5) is 14.5 Å². The SMILES string of the molecule is CC(C)(C)[Si](C)(C)Oc1ccc([C@@H]2[C@@H](NC(=O)C=Cc3ccc(F)cc3)C(=O)N2c2ccc(F)cc2)cc1. The highest BCUT2D eigenvalue weighted by atomic mass is 28.4. The maximum Gasteiger partial charge on any atom is 0.252 e. The zero-order chi connectivity index (χ0) is 27.7. The molecule has 1 fully saturated rings. The summed E-state index contributed by atoms with van der Waals surface area (Å²) in [4.78, 5) is 27.4. The lowest BCUT2D eigenvalue weighted by molar-refractivity contribution is -0.131. The molecule has 3 aromatic carbocycles. The summed E-state index contributed by atoms with van der Waals surface area (Å²) in [6, 6.07) is 17.7. The van der Waals surface area contributed by atoms with E-state index in [0.717, 1.165) is 11.3 Å². The van der Waals surface area contributed by atoms with Gasteiger partial charge in [0.15, 0.2) is 0 Å². The van der Waals surface area contributed by atoms with Gasteiger partial charge in [-0.05, 0) is 83.9 Å². The highest BCUT2D eigenvalue weighted by Gasteiger charge is 2.49. The number of anilines is 1. The van der Waals surface area contributed by atoms with Gasteiger partial charge in [0.25, 0.3) is 5.91 Å². The first kappa shape index (κ1) is 27.3. The van der Waals surface area contributed by atoms with Crippen molar-refractivity contribution in [1.29, 1.82) is 0 Å². The molecule has 2 atom stereocenters. The number of nitrogens with zero attached hydrogens (tertiary/aromatic N) is 1. The molecule has 1 aliphatic rings. The van der Waals surface area contributed by atoms with Crippen molar-refractivity contribution in [3.63, 3.8) is 0 Å². The van der Waals surface area contributed by atoms with Gasteiger partial charge in [-0.2, -0.15) is 0 Å². The van der Waals surface area contributed by atoms with Crippen molar-refractivity contribution in [1.82, 2.24) is 5.32 Å². The van der Waals surface area contributed by atoms with Crippen molar-refractivity contribution in [3.05, 3.63) is 102 Å². The topological polar surface area (TPSA) is 58.6 Å². The van der Waals surface area contributed by atoms with E-state index in [2.05, 4.69) is 39.2 Å². The third kappa shape index (κ3) is 5.86. The fourth-order valence-electron chi connectivity index (χ4n) is 3.99. The highest BCUT2D eigenvalue weighted by molar-refractivity contribution is 6.74. The maximum atomic E-state index is 13.5. The molecule has 5 nitrogen and oxygen atoms in total. The van der Waals surface area contributed by atoms with Crippen LogP contribution in [0.1, 0.15) is 37.9 Å². The highest BCUT2D eigenvalue weighted by Crippen LogP contribution is 2.41. The van der Waals surface area contributed by atoms with Gasteiger partial charge in [-0.3, -0.25) is 9.59 Å². The molecule has 0 radical (unpaired) electrons. The van der Waals surface area contributed by atoms with Crippen LogP contribution in [0.3, 0.4) is 0 Å². The maximum absolute atomic E-state index is 13.5. The Kier molecular flexibility index (Phi) is 7.55. The lowest BCUT2D eigenvalue weighted by Crippen LogP contribution is -2.65. The van der Waals surface area contributed by atoms with Gasteiger partial charge in [-0.1, -0.05) is 45.0 Å². The van der Waals surface area contributed by atoms with E-state index in [1.807, 2.05) is 24.3 Å². The molecule has 2 amide bonds. The predicted octanol–water partition coefficient (Wildman–Crippen LogP) is 6.63. The first-order chi connectivity index (χ1) is 17.9. The molecular formula is C30H32F2N2O3Si. The summed E-state index contributed by atoms with van der Waals surface area (Å²) in [6.07, 6.45) is 2.87. The molecule has 0 saturated carbocycles. The van der Waals surface area contributed by atoms with Crippen LogP contribution in [-0.2, 0) is 9.59 Å². The van der Waals surface area contributed by atoms with E-state index < -0.39 is 32.1 Å². The number of hydrogen-bond donors (Lipinski definition) is 1. The Bertz CT molecular complexity index is 1330. The van der Waals surface area contributed by atoms with E-state index >= 15 is 0 Å². The Morgan fingerprint density at radius 2 is 1.47 bits per heavy atom. The Labute approximate surface area is 223 Å². The molecule has 0 aromatic heterocycles. The summed E-state index contributed by atoms with van der Waals surface area (Å²) in [7, 11) is -2.03. The minimum atomic E-state index is -2.03. The molecule has 1 heterocycles. The summed E-state index contributed by atoms with van der Waals surface area (Å²) in [5, 5.41) is 2.83. The number of nitrogens with one attached hydrogen (secondary N) is 1. The average Bonchev–Trinajstić information content (AvgIpc) is 2.86. The molecule has 1 N–H and O–H groups in total. The van der Waals surface area contributed by atoms with Crippen LogP contribution in [0.2, 0.25) is 18.1 Å². The molecule has 0 spiro atoms. The second kappa shape index (κ2) is 10.5. The monoisotopic (exact) mass is 534 g/mol. The number of carbonyl (C=O) groups is 2. The van der Waals surface area contributed by atoms with Crippen molar-refractivity contribution in [2.45, 2.75) is 51.0 Å². The van der Waals surface area contributed by atoms with Gasteiger partial charge >= 0.3 is 0 Å². The van der Waals surface area contributed by atoms with Crippen molar-refractivity contribution >= 4 is 31.9 Å². The summed E-state index contributed by atoms with van der Waals surface area (Å²) in [6.45, 7) is 10.9. The van der Waals surface area contributed by atoms with Gasteiger partial charge in [0, 0.05) is 11.8 Å². The lowest BCUT2D eigenvalue weighted by Gasteiger charge is -2.47. The Morgan fingerprint density at radius 1 is 0.921 bits per heavy atom. The zero-order valence-corrected chi connectivity index (χ0v) is 23.2. The van der Waals surface area contributed by atoms with Crippen LogP contribution in [-0.4, -0.2) is 26.2 Å². The van der Waals surface area contributed by atoms with Gasteiger partial charge in [0.05, 0.1) is 6.04 Å². The number of benzene rings is 3. The largest absolute Gasteiger partial charge is 0.544 e. The minimum Gasteiger partial charge on any atom is -0.544 e. The van der Waals surface area contributed by atoms with Gasteiger partial charge in [0.2, 0.25) is 14.2 Å². The molecule has 1 saturated heterocycles. The van der Waals surface area contributed by atoms with Crippen molar-refractivity contribution in [2.24, 2.45) is 0 Å². The van der Waals surface area contributed by atoms with E-state index in [1.54, 1.807) is 35.2 Å². The summed E-state index contributed by atoms with van der Waals surface area (Å²) < 4.78 is 33.1. The third-order valence-corrected chi connectivity index (χ3v) is 11.6. The standard InChI is InChI=1S/C30H32F2N2O3Si/c1-30(2,3)38(4,5)37-25-17-9-21(10-18-25)28-27(29(36)34(28)24-15-13-23(32)14-16-24)33-26(35)19-8-20-6-11-22(31)12-7-20/h6-19,27-28H,1-5H3,(H,33,35)/t27-,28-/m1/s1. The number of β-lactam (4-membered cyclic amide) rings is 1. The number of rotatable bonds is 7. The molecule has 3 aromatic rings. The first-order valence-corrected chi connectivity index (χ1v) is 15.4. The molecular weight excluding hydrogens is 502 g/mol. The molecule has 8 heteroatoms. The van der Waals surface area contributed by atoms with Crippen LogP contribution in [0.25, 0.3) is 6.08 Å². The molecule has 0 unspecified atom stereocenters. The van der Waals surface area contributed by atoms with Crippen molar-refractivity contribution < 1.29 is 22.8 Å². The quantitative estimate of drug-likeness (QED) is 0.210. The molecule has 198 valence electrons. The minimum absolute atomic E-state index is 0.0439. The normalized spacial score (nSPS) is 17.9. The molecule has 0 aliphatic carbocycles. The van der Waals surface area contributed by atoms with E-state index in [4.69, 9.17) is 4.43 Å². The van der Waals surface area contributed by atoms with E-state index in [1.165, 1.54) is 30.3 Å². The third-order valence-electron chi connectivity index (χ3n) is 7.20. The van der Waals surface area contributed by atoms with Gasteiger partial charge in [-0.15, -0.1) is 0 Å². The van der Waals surface area contributed by atoms with E-state index in [9.17, 15) is 18.4 Å². The number of amides is 2. The van der Waals surface area contributed by atoms with Crippen molar-refractivity contribution in [2.75, 3.05) is 4.90 Å². The number of carbonyl (C=O) groups excluding carboxylic acids is 2. The smallest absolute Gasteiger partial charge is 0.252 e. The molecule has 1 aliphatic heterocycles. The second-order valence-corrected chi connectivity index (χ2v) is 15.7. The van der Waals surface area contributed by atoms with Gasteiger partial charge < -0.3 is 14.6 Å². The van der Waals surface area contributed by atoms with Crippen LogP contribution < -0.4 is 14.6 Å². The van der Waals surface area contributed by atoms with Crippen LogP contribution >= 0.6 is 0 Å². The van der Waals surface area contributed by atoms with Gasteiger partial charge in [-0.25, -0.2) is 8.78 Å². The Hall–Kier alpha value is -3.78. The molecule has 38 heavy (non-hydrogen) atoms. The van der Waals surface area contributed by atoms with Crippen LogP contribution in [0.5, 0.6) is 5.75 Å². The average molecular weight is 535 g/mol. The predicted molar refractivity (Wildman–Crippen MR) is 148 cm³/mol. The van der Waals surface area contributed by atoms with Crippen molar-refractivity contribution in [3.8, 4) is 5.75 Å². The summed E-state index contributed by atoms with van der Waals surface area (Å²) in [5.41, 5.74) is 2.00. The number of hydrogen-bond acceptors (Lipinski definition) is 3. The summed E-state index contributed by atoms with van der Waals surface area (Å²) in [5.74, 6) is -0.763. The Morgan fingerprint density at radius 3 is 2.03 bits per heavy atom. The second-order valence-electron chi connectivity index (χ2n) is 10.9. The zero-order valence-electron chi connectivity index (χ0n) is 22.2. The first-order valence-electron chi connectivity index (χ1n) is 12.5.